The van der Waals surface area contributed by atoms with Crippen molar-refractivity contribution >= 4 is 17.8 Å². The topological polar surface area (TPSA) is 81.8 Å². The highest BCUT2D eigenvalue weighted by Crippen LogP contribution is 2.35. The number of benzene rings is 1. The van der Waals surface area contributed by atoms with Crippen molar-refractivity contribution < 1.29 is 14.4 Å². The molecule has 7 heteroatoms. The first kappa shape index (κ1) is 20.8. The molecule has 0 spiro atoms. The first-order chi connectivity index (χ1) is 14.6. The molecule has 162 valence electrons. The van der Waals surface area contributed by atoms with Gasteiger partial charge in [-0.15, -0.1) is 0 Å². The van der Waals surface area contributed by atoms with Gasteiger partial charge in [-0.05, 0) is 56.5 Å². The number of hydrogen-bond acceptors (Lipinski definition) is 4. The Morgan fingerprint density at radius 2 is 1.63 bits per heavy atom. The van der Waals surface area contributed by atoms with Crippen LogP contribution in [0, 0.1) is 0 Å². The normalized spacial score (nSPS) is 22.1. The molecule has 1 aromatic carbocycles. The van der Waals surface area contributed by atoms with E-state index < -0.39 is 0 Å². The van der Waals surface area contributed by atoms with E-state index in [0.29, 0.717) is 12.1 Å². The van der Waals surface area contributed by atoms with Crippen LogP contribution < -0.4 is 10.6 Å². The molecule has 0 bridgehead atoms. The van der Waals surface area contributed by atoms with Gasteiger partial charge < -0.3 is 10.6 Å². The van der Waals surface area contributed by atoms with E-state index in [4.69, 9.17) is 0 Å². The number of hydrogen-bond donors (Lipinski definition) is 2. The van der Waals surface area contributed by atoms with Gasteiger partial charge in [0.2, 0.25) is 5.91 Å². The van der Waals surface area contributed by atoms with Crippen molar-refractivity contribution in [2.75, 3.05) is 26.2 Å². The fourth-order valence-electron chi connectivity index (χ4n) is 5.09. The van der Waals surface area contributed by atoms with Gasteiger partial charge in [0.05, 0.1) is 13.1 Å². The third-order valence-electron chi connectivity index (χ3n) is 6.88. The minimum absolute atomic E-state index is 0.0537. The van der Waals surface area contributed by atoms with Gasteiger partial charge in [-0.25, -0.2) is 4.79 Å². The standard InChI is InChI=1S/C23H32N4O3/c28-20-15-24-22(30)27(20)16-18-7-9-19(10-8-18)21(29)25-17-23(11-3-1-4-12-23)26-13-5-2-6-14-26/h7-10H,1-6,11-17H2,(H,24,30)(H,25,29). The van der Waals surface area contributed by atoms with Crippen LogP contribution in [0.4, 0.5) is 4.79 Å². The van der Waals surface area contributed by atoms with E-state index in [1.54, 1.807) is 12.1 Å². The molecule has 0 atom stereocenters. The molecule has 0 unspecified atom stereocenters. The van der Waals surface area contributed by atoms with E-state index in [2.05, 4.69) is 15.5 Å². The molecule has 7 nitrogen and oxygen atoms in total. The monoisotopic (exact) mass is 412 g/mol. The summed E-state index contributed by atoms with van der Waals surface area (Å²) in [5, 5.41) is 5.72. The average Bonchev–Trinajstić information content (AvgIpc) is 3.11. The number of urea groups is 1. The maximum Gasteiger partial charge on any atom is 0.324 e. The Labute approximate surface area is 178 Å². The van der Waals surface area contributed by atoms with Crippen LogP contribution in [0.3, 0.4) is 0 Å². The molecule has 1 aliphatic carbocycles. The number of nitrogens with one attached hydrogen (secondary N) is 2. The van der Waals surface area contributed by atoms with Gasteiger partial charge in [-0.2, -0.15) is 0 Å². The molecule has 4 amide bonds. The largest absolute Gasteiger partial charge is 0.350 e. The van der Waals surface area contributed by atoms with Crippen molar-refractivity contribution in [1.82, 2.24) is 20.4 Å². The summed E-state index contributed by atoms with van der Waals surface area (Å²) in [5.41, 5.74) is 1.55. The number of rotatable bonds is 6. The molecule has 0 radical (unpaired) electrons. The third-order valence-corrected chi connectivity index (χ3v) is 6.88. The second-order valence-electron chi connectivity index (χ2n) is 8.85. The molecule has 1 saturated carbocycles. The lowest BCUT2D eigenvalue weighted by Crippen LogP contribution is -2.58. The fourth-order valence-corrected chi connectivity index (χ4v) is 5.09. The van der Waals surface area contributed by atoms with Crippen LogP contribution in [-0.4, -0.2) is 59.4 Å². The average molecular weight is 413 g/mol. The van der Waals surface area contributed by atoms with E-state index in [9.17, 15) is 14.4 Å². The molecular formula is C23H32N4O3. The molecule has 2 heterocycles. The zero-order valence-electron chi connectivity index (χ0n) is 17.6. The minimum atomic E-state index is -0.364. The van der Waals surface area contributed by atoms with Crippen LogP contribution in [0.1, 0.15) is 67.3 Å². The Hall–Kier alpha value is -2.41. The van der Waals surface area contributed by atoms with Crippen molar-refractivity contribution in [3.63, 3.8) is 0 Å². The van der Waals surface area contributed by atoms with Gasteiger partial charge in [-0.3, -0.25) is 19.4 Å². The van der Waals surface area contributed by atoms with Crippen LogP contribution in [-0.2, 0) is 11.3 Å². The van der Waals surface area contributed by atoms with Crippen molar-refractivity contribution in [2.45, 2.75) is 63.5 Å². The summed E-state index contributed by atoms with van der Waals surface area (Å²) in [6, 6.07) is 6.82. The first-order valence-electron chi connectivity index (χ1n) is 11.3. The van der Waals surface area contributed by atoms with E-state index >= 15 is 0 Å². The number of piperidine rings is 1. The zero-order chi connectivity index (χ0) is 21.0. The number of carbonyl (C=O) groups is 3. The van der Waals surface area contributed by atoms with E-state index in [0.717, 1.165) is 31.5 Å². The van der Waals surface area contributed by atoms with Crippen LogP contribution in [0.25, 0.3) is 0 Å². The number of carbonyl (C=O) groups excluding carboxylic acids is 3. The van der Waals surface area contributed by atoms with Gasteiger partial charge in [0.15, 0.2) is 0 Å². The van der Waals surface area contributed by atoms with Crippen molar-refractivity contribution in [1.29, 1.82) is 0 Å². The van der Waals surface area contributed by atoms with Crippen molar-refractivity contribution in [2.24, 2.45) is 0 Å². The third kappa shape index (κ3) is 4.51. The summed E-state index contributed by atoms with van der Waals surface area (Å²) in [4.78, 5) is 40.1. The summed E-state index contributed by atoms with van der Waals surface area (Å²) in [6.07, 6.45) is 9.94. The molecule has 2 aliphatic heterocycles. The summed E-state index contributed by atoms with van der Waals surface area (Å²) >= 11 is 0. The number of imide groups is 1. The van der Waals surface area contributed by atoms with Gasteiger partial charge in [0, 0.05) is 17.6 Å². The summed E-state index contributed by atoms with van der Waals surface area (Å²) in [6.45, 7) is 3.28. The molecule has 1 aromatic rings. The SMILES string of the molecule is O=C(NCC1(N2CCCCC2)CCCCC1)c1ccc(CN2C(=O)CNC2=O)cc1. The quantitative estimate of drug-likeness (QED) is 0.704. The molecule has 3 aliphatic rings. The number of nitrogens with zero attached hydrogens (tertiary/aromatic N) is 2. The van der Waals surface area contributed by atoms with E-state index in [-0.39, 0.29) is 36.5 Å². The molecular weight excluding hydrogens is 380 g/mol. The van der Waals surface area contributed by atoms with Gasteiger partial charge in [0.25, 0.3) is 5.91 Å². The van der Waals surface area contributed by atoms with Crippen LogP contribution in [0.15, 0.2) is 24.3 Å². The second-order valence-corrected chi connectivity index (χ2v) is 8.85. The molecule has 0 aromatic heterocycles. The van der Waals surface area contributed by atoms with Crippen LogP contribution in [0.5, 0.6) is 0 Å². The number of amides is 4. The van der Waals surface area contributed by atoms with Gasteiger partial charge >= 0.3 is 6.03 Å². The molecule has 4 rings (SSSR count). The Morgan fingerprint density at radius 1 is 0.967 bits per heavy atom. The molecule has 30 heavy (non-hydrogen) atoms. The second kappa shape index (κ2) is 9.16. The smallest absolute Gasteiger partial charge is 0.324 e. The Morgan fingerprint density at radius 3 is 2.27 bits per heavy atom. The molecule has 2 N–H and O–H groups in total. The van der Waals surface area contributed by atoms with Gasteiger partial charge in [-0.1, -0.05) is 37.8 Å². The Bertz CT molecular complexity index is 764. The van der Waals surface area contributed by atoms with E-state index in [1.807, 2.05) is 12.1 Å². The van der Waals surface area contributed by atoms with E-state index in [1.165, 1.54) is 43.4 Å². The summed E-state index contributed by atoms with van der Waals surface area (Å²) in [7, 11) is 0. The first-order valence-corrected chi connectivity index (χ1v) is 11.3. The maximum absolute atomic E-state index is 12.8. The predicted octanol–water partition coefficient (Wildman–Crippen LogP) is 2.66. The zero-order valence-corrected chi connectivity index (χ0v) is 17.6. The lowest BCUT2D eigenvalue weighted by Gasteiger charge is -2.48. The van der Waals surface area contributed by atoms with Gasteiger partial charge in [0.1, 0.15) is 0 Å². The fraction of sp³-hybridized carbons (Fsp3) is 0.609. The molecule has 3 fully saturated rings. The number of likely N-dealkylation sites (tertiary alicyclic amines) is 1. The highest BCUT2D eigenvalue weighted by Gasteiger charge is 2.38. The molecule has 2 saturated heterocycles. The predicted molar refractivity (Wildman–Crippen MR) is 114 cm³/mol. The highest BCUT2D eigenvalue weighted by atomic mass is 16.2. The summed E-state index contributed by atoms with van der Waals surface area (Å²) in [5.74, 6) is -0.282. The lowest BCUT2D eigenvalue weighted by atomic mass is 9.79. The van der Waals surface area contributed by atoms with Crippen molar-refractivity contribution in [3.8, 4) is 0 Å². The Kier molecular flexibility index (Phi) is 6.37. The summed E-state index contributed by atoms with van der Waals surface area (Å²) < 4.78 is 0. The van der Waals surface area contributed by atoms with Crippen LogP contribution >= 0.6 is 0 Å². The minimum Gasteiger partial charge on any atom is -0.350 e. The van der Waals surface area contributed by atoms with Crippen LogP contribution in [0.2, 0.25) is 0 Å². The van der Waals surface area contributed by atoms with Crippen molar-refractivity contribution in [3.05, 3.63) is 35.4 Å². The maximum atomic E-state index is 12.8. The highest BCUT2D eigenvalue weighted by molar-refractivity contribution is 6.01. The lowest BCUT2D eigenvalue weighted by molar-refractivity contribution is -0.125. The Balaban J connectivity index is 1.36.